The maximum absolute atomic E-state index is 5.83. The maximum atomic E-state index is 5.83. The fraction of sp³-hybridized carbons (Fsp3) is 0.615. The maximum Gasteiger partial charge on any atom is 0.0399 e. The molecule has 2 unspecified atom stereocenters. The Kier molecular flexibility index (Phi) is 3.44. The van der Waals surface area contributed by atoms with Crippen LogP contribution in [0.25, 0.3) is 0 Å². The summed E-state index contributed by atoms with van der Waals surface area (Å²) in [7, 11) is 2.17. The van der Waals surface area contributed by atoms with Crippen molar-refractivity contribution >= 4 is 5.69 Å². The largest absolute Gasteiger partial charge is 0.371 e. The van der Waals surface area contributed by atoms with E-state index in [1.54, 1.807) is 0 Å². The molecule has 1 aromatic heterocycles. The van der Waals surface area contributed by atoms with Crippen molar-refractivity contribution in [3.63, 3.8) is 0 Å². The molecule has 0 aromatic carbocycles. The summed E-state index contributed by atoms with van der Waals surface area (Å²) in [6.07, 6.45) is 5.73. The van der Waals surface area contributed by atoms with E-state index < -0.39 is 0 Å². The Labute approximate surface area is 97.7 Å². The number of hydrogen-bond donors (Lipinski definition) is 1. The highest BCUT2D eigenvalue weighted by atomic mass is 15.1. The van der Waals surface area contributed by atoms with Crippen LogP contribution in [0.4, 0.5) is 5.69 Å². The van der Waals surface area contributed by atoms with Crippen molar-refractivity contribution in [2.75, 3.05) is 18.5 Å². The lowest BCUT2D eigenvalue weighted by Gasteiger charge is -2.31. The molecule has 2 rings (SSSR count). The summed E-state index contributed by atoms with van der Waals surface area (Å²) in [5.74, 6) is 0.651. The van der Waals surface area contributed by atoms with Crippen molar-refractivity contribution in [1.82, 2.24) is 4.98 Å². The van der Waals surface area contributed by atoms with Crippen LogP contribution in [0.1, 0.15) is 25.0 Å². The van der Waals surface area contributed by atoms with Crippen molar-refractivity contribution in [1.29, 1.82) is 0 Å². The van der Waals surface area contributed by atoms with Gasteiger partial charge in [-0.15, -0.1) is 0 Å². The van der Waals surface area contributed by atoms with Gasteiger partial charge in [-0.25, -0.2) is 0 Å². The van der Waals surface area contributed by atoms with Gasteiger partial charge in [-0.05, 0) is 44.4 Å². The average molecular weight is 219 g/mol. The van der Waals surface area contributed by atoms with E-state index in [4.69, 9.17) is 5.73 Å². The standard InChI is InChI=1S/C13H21N3/c1-10-8-12(6-7-15-10)16(2)13-5-3-4-11(13)9-14/h6-8,11,13H,3-5,9,14H2,1-2H3. The van der Waals surface area contributed by atoms with Crippen molar-refractivity contribution in [3.8, 4) is 0 Å². The molecule has 1 heterocycles. The summed E-state index contributed by atoms with van der Waals surface area (Å²) < 4.78 is 0. The van der Waals surface area contributed by atoms with Gasteiger partial charge >= 0.3 is 0 Å². The molecule has 0 bridgehead atoms. The van der Waals surface area contributed by atoms with E-state index in [0.29, 0.717) is 12.0 Å². The minimum atomic E-state index is 0.604. The Balaban J connectivity index is 2.15. The predicted molar refractivity (Wildman–Crippen MR) is 67.6 cm³/mol. The Hall–Kier alpha value is -1.09. The molecule has 2 N–H and O–H groups in total. The molecular formula is C13H21N3. The number of hydrogen-bond acceptors (Lipinski definition) is 3. The Bertz CT molecular complexity index is 351. The van der Waals surface area contributed by atoms with Gasteiger partial charge in [-0.3, -0.25) is 4.98 Å². The van der Waals surface area contributed by atoms with Crippen LogP contribution in [0.5, 0.6) is 0 Å². The highest BCUT2D eigenvalue weighted by Gasteiger charge is 2.29. The van der Waals surface area contributed by atoms with E-state index in [2.05, 4.69) is 29.1 Å². The van der Waals surface area contributed by atoms with Crippen LogP contribution in [-0.2, 0) is 0 Å². The first-order chi connectivity index (χ1) is 7.72. The first-order valence-electron chi connectivity index (χ1n) is 6.08. The number of pyridine rings is 1. The highest BCUT2D eigenvalue weighted by molar-refractivity contribution is 5.47. The van der Waals surface area contributed by atoms with E-state index in [1.165, 1.54) is 24.9 Å². The average Bonchev–Trinajstić information content (AvgIpc) is 2.76. The number of nitrogens with two attached hydrogens (primary N) is 1. The molecule has 16 heavy (non-hydrogen) atoms. The van der Waals surface area contributed by atoms with Gasteiger partial charge in [0.1, 0.15) is 0 Å². The molecule has 0 spiro atoms. The zero-order chi connectivity index (χ0) is 11.5. The van der Waals surface area contributed by atoms with Gasteiger partial charge in [-0.1, -0.05) is 6.42 Å². The first-order valence-corrected chi connectivity index (χ1v) is 6.08. The van der Waals surface area contributed by atoms with Crippen molar-refractivity contribution in [2.45, 2.75) is 32.2 Å². The first kappa shape index (κ1) is 11.4. The molecule has 3 nitrogen and oxygen atoms in total. The molecule has 2 atom stereocenters. The van der Waals surface area contributed by atoms with Gasteiger partial charge < -0.3 is 10.6 Å². The van der Waals surface area contributed by atoms with Gasteiger partial charge in [0, 0.05) is 30.7 Å². The lowest BCUT2D eigenvalue weighted by atomic mass is 10.0. The van der Waals surface area contributed by atoms with E-state index in [1.807, 2.05) is 13.1 Å². The normalized spacial score (nSPS) is 24.7. The third-order valence-electron chi connectivity index (χ3n) is 3.71. The number of aromatic nitrogens is 1. The SMILES string of the molecule is Cc1cc(N(C)C2CCCC2CN)ccn1. The van der Waals surface area contributed by atoms with E-state index >= 15 is 0 Å². The van der Waals surface area contributed by atoms with Crippen LogP contribution in [-0.4, -0.2) is 24.6 Å². The van der Waals surface area contributed by atoms with E-state index in [-0.39, 0.29) is 0 Å². The van der Waals surface area contributed by atoms with E-state index in [0.717, 1.165) is 12.2 Å². The molecule has 1 aliphatic rings. The van der Waals surface area contributed by atoms with Crippen molar-refractivity contribution < 1.29 is 0 Å². The molecule has 3 heteroatoms. The molecule has 1 fully saturated rings. The molecule has 1 aliphatic carbocycles. The number of aryl methyl sites for hydroxylation is 1. The van der Waals surface area contributed by atoms with Crippen LogP contribution in [0.2, 0.25) is 0 Å². The molecule has 0 radical (unpaired) electrons. The fourth-order valence-electron chi connectivity index (χ4n) is 2.74. The highest BCUT2D eigenvalue weighted by Crippen LogP contribution is 2.31. The molecular weight excluding hydrogens is 198 g/mol. The Morgan fingerprint density at radius 3 is 3.00 bits per heavy atom. The summed E-state index contributed by atoms with van der Waals surface area (Å²) in [5.41, 5.74) is 8.17. The summed E-state index contributed by atoms with van der Waals surface area (Å²) in [6, 6.07) is 4.83. The lowest BCUT2D eigenvalue weighted by molar-refractivity contribution is 0.474. The molecule has 0 saturated heterocycles. The number of anilines is 1. The van der Waals surface area contributed by atoms with Gasteiger partial charge in [-0.2, -0.15) is 0 Å². The van der Waals surface area contributed by atoms with Crippen LogP contribution in [0, 0.1) is 12.8 Å². The molecule has 88 valence electrons. The summed E-state index contributed by atoms with van der Waals surface area (Å²) in [4.78, 5) is 6.61. The van der Waals surface area contributed by atoms with Gasteiger partial charge in [0.2, 0.25) is 0 Å². The Morgan fingerprint density at radius 2 is 2.31 bits per heavy atom. The van der Waals surface area contributed by atoms with Gasteiger partial charge in [0.25, 0.3) is 0 Å². The van der Waals surface area contributed by atoms with E-state index in [9.17, 15) is 0 Å². The molecule has 0 amide bonds. The van der Waals surface area contributed by atoms with Crippen molar-refractivity contribution in [2.24, 2.45) is 11.7 Å². The topological polar surface area (TPSA) is 42.1 Å². The van der Waals surface area contributed by atoms with Crippen LogP contribution >= 0.6 is 0 Å². The lowest BCUT2D eigenvalue weighted by Crippen LogP contribution is -2.37. The predicted octanol–water partition coefficient (Wildman–Crippen LogP) is 1.95. The van der Waals surface area contributed by atoms with Crippen LogP contribution in [0.3, 0.4) is 0 Å². The quantitative estimate of drug-likeness (QED) is 0.845. The van der Waals surface area contributed by atoms with Crippen LogP contribution < -0.4 is 10.6 Å². The third-order valence-corrected chi connectivity index (χ3v) is 3.71. The number of rotatable bonds is 3. The Morgan fingerprint density at radius 1 is 1.50 bits per heavy atom. The summed E-state index contributed by atoms with van der Waals surface area (Å²) in [5, 5.41) is 0. The number of nitrogens with zero attached hydrogens (tertiary/aromatic N) is 2. The zero-order valence-electron chi connectivity index (χ0n) is 10.2. The second kappa shape index (κ2) is 4.83. The monoisotopic (exact) mass is 219 g/mol. The second-order valence-electron chi connectivity index (χ2n) is 4.76. The third kappa shape index (κ3) is 2.19. The zero-order valence-corrected chi connectivity index (χ0v) is 10.2. The second-order valence-corrected chi connectivity index (χ2v) is 4.76. The fourth-order valence-corrected chi connectivity index (χ4v) is 2.74. The smallest absolute Gasteiger partial charge is 0.0399 e. The van der Waals surface area contributed by atoms with Crippen molar-refractivity contribution in [3.05, 3.63) is 24.0 Å². The van der Waals surface area contributed by atoms with Gasteiger partial charge in [0.05, 0.1) is 0 Å². The minimum absolute atomic E-state index is 0.604. The molecule has 0 aliphatic heterocycles. The molecule has 1 saturated carbocycles. The molecule has 1 aromatic rings. The summed E-state index contributed by atoms with van der Waals surface area (Å²) in [6.45, 7) is 2.84. The van der Waals surface area contributed by atoms with Crippen LogP contribution in [0.15, 0.2) is 18.3 Å². The van der Waals surface area contributed by atoms with Gasteiger partial charge in [0.15, 0.2) is 0 Å². The summed E-state index contributed by atoms with van der Waals surface area (Å²) >= 11 is 0. The minimum Gasteiger partial charge on any atom is -0.371 e.